The average Bonchev–Trinajstić information content (AvgIpc) is 2.54. The number of carbonyl (C=O) groups excluding carboxylic acids is 2. The molecule has 0 bridgehead atoms. The Labute approximate surface area is 137 Å². The molecule has 1 aliphatic heterocycles. The summed E-state index contributed by atoms with van der Waals surface area (Å²) in [7, 11) is 0. The van der Waals surface area contributed by atoms with Crippen LogP contribution in [0.2, 0.25) is 0 Å². The molecule has 0 spiro atoms. The zero-order valence-electron chi connectivity index (χ0n) is 14.0. The molecule has 1 aromatic carbocycles. The van der Waals surface area contributed by atoms with Crippen molar-refractivity contribution in [3.05, 3.63) is 35.4 Å². The molecule has 1 aliphatic rings. The molecule has 2 unspecified atom stereocenters. The Balaban J connectivity index is 1.99. The van der Waals surface area contributed by atoms with E-state index in [4.69, 9.17) is 5.21 Å². The number of nitrogens with zero attached hydrogens (tertiary/aromatic N) is 2. The van der Waals surface area contributed by atoms with Crippen molar-refractivity contribution in [3.8, 4) is 0 Å². The molecular formula is C17H25N3O3. The molecule has 2 rings (SSSR count). The Hall–Kier alpha value is -1.92. The lowest BCUT2D eigenvalue weighted by molar-refractivity contribution is -0.138. The molecule has 0 aliphatic carbocycles. The lowest BCUT2D eigenvalue weighted by atomic mass is 10.1. The highest BCUT2D eigenvalue weighted by molar-refractivity contribution is 5.93. The zero-order valence-corrected chi connectivity index (χ0v) is 14.0. The van der Waals surface area contributed by atoms with Gasteiger partial charge >= 0.3 is 0 Å². The summed E-state index contributed by atoms with van der Waals surface area (Å²) < 4.78 is 0. The SMILES string of the molecule is CCC(=O)N1C(C)CN(Cc2ccc(C(=O)NO)cc2)CC1C. The van der Waals surface area contributed by atoms with Crippen molar-refractivity contribution >= 4 is 11.8 Å². The molecule has 6 nitrogen and oxygen atoms in total. The van der Waals surface area contributed by atoms with Crippen LogP contribution in [0.4, 0.5) is 0 Å². The fraction of sp³-hybridized carbons (Fsp3) is 0.529. The van der Waals surface area contributed by atoms with Crippen molar-refractivity contribution in [1.82, 2.24) is 15.3 Å². The van der Waals surface area contributed by atoms with Crippen LogP contribution in [0.1, 0.15) is 43.1 Å². The van der Waals surface area contributed by atoms with Crippen LogP contribution >= 0.6 is 0 Å². The zero-order chi connectivity index (χ0) is 17.0. The molecule has 2 amide bonds. The topological polar surface area (TPSA) is 72.9 Å². The van der Waals surface area contributed by atoms with Crippen molar-refractivity contribution in [2.24, 2.45) is 0 Å². The van der Waals surface area contributed by atoms with Crippen molar-refractivity contribution in [2.45, 2.75) is 45.8 Å². The molecule has 126 valence electrons. The van der Waals surface area contributed by atoms with Gasteiger partial charge in [-0.25, -0.2) is 5.48 Å². The van der Waals surface area contributed by atoms with Crippen LogP contribution in [0, 0.1) is 0 Å². The molecule has 6 heteroatoms. The Kier molecular flexibility index (Phi) is 5.74. The van der Waals surface area contributed by atoms with Crippen molar-refractivity contribution in [3.63, 3.8) is 0 Å². The van der Waals surface area contributed by atoms with E-state index in [1.54, 1.807) is 17.6 Å². The summed E-state index contributed by atoms with van der Waals surface area (Å²) in [5.74, 6) is -0.297. The number of piperazine rings is 1. The number of carbonyl (C=O) groups is 2. The van der Waals surface area contributed by atoms with Crippen molar-refractivity contribution in [2.75, 3.05) is 13.1 Å². The minimum absolute atomic E-state index is 0.200. The highest BCUT2D eigenvalue weighted by Gasteiger charge is 2.31. The van der Waals surface area contributed by atoms with Gasteiger partial charge in [-0.05, 0) is 31.5 Å². The Morgan fingerprint density at radius 1 is 1.17 bits per heavy atom. The van der Waals surface area contributed by atoms with E-state index < -0.39 is 5.91 Å². The van der Waals surface area contributed by atoms with E-state index in [0.29, 0.717) is 12.0 Å². The van der Waals surface area contributed by atoms with E-state index in [1.165, 1.54) is 0 Å². The fourth-order valence-corrected chi connectivity index (χ4v) is 3.32. The summed E-state index contributed by atoms with van der Waals surface area (Å²) in [6.07, 6.45) is 0.545. The maximum Gasteiger partial charge on any atom is 0.274 e. The van der Waals surface area contributed by atoms with Crippen LogP contribution in [-0.2, 0) is 11.3 Å². The number of rotatable bonds is 4. The molecule has 1 aromatic rings. The third-order valence-electron chi connectivity index (χ3n) is 4.31. The van der Waals surface area contributed by atoms with E-state index in [9.17, 15) is 9.59 Å². The van der Waals surface area contributed by atoms with Gasteiger partial charge in [0.1, 0.15) is 0 Å². The molecule has 23 heavy (non-hydrogen) atoms. The molecule has 2 N–H and O–H groups in total. The summed E-state index contributed by atoms with van der Waals surface area (Å²) in [6, 6.07) is 7.58. The molecule has 1 fully saturated rings. The van der Waals surface area contributed by atoms with Gasteiger partial charge in [-0.3, -0.25) is 19.7 Å². The van der Waals surface area contributed by atoms with Crippen LogP contribution in [-0.4, -0.2) is 52.0 Å². The number of hydroxylamine groups is 1. The summed E-state index contributed by atoms with van der Waals surface area (Å²) in [6.45, 7) is 8.54. The third kappa shape index (κ3) is 4.09. The molecule has 1 heterocycles. The first-order chi connectivity index (χ1) is 11.0. The van der Waals surface area contributed by atoms with Crippen LogP contribution in [0.3, 0.4) is 0 Å². The minimum Gasteiger partial charge on any atom is -0.335 e. The molecule has 0 radical (unpaired) electrons. The first-order valence-corrected chi connectivity index (χ1v) is 8.03. The molecule has 1 saturated heterocycles. The first kappa shape index (κ1) is 17.4. The number of amides is 2. The number of benzene rings is 1. The minimum atomic E-state index is -0.509. The number of hydrogen-bond acceptors (Lipinski definition) is 4. The van der Waals surface area contributed by atoms with Gasteiger partial charge in [0.2, 0.25) is 5.91 Å². The van der Waals surface area contributed by atoms with Gasteiger partial charge in [-0.2, -0.15) is 0 Å². The second-order valence-corrected chi connectivity index (χ2v) is 6.18. The lowest BCUT2D eigenvalue weighted by Crippen LogP contribution is -2.58. The highest BCUT2D eigenvalue weighted by atomic mass is 16.5. The van der Waals surface area contributed by atoms with Crippen LogP contribution in [0.25, 0.3) is 0 Å². The summed E-state index contributed by atoms with van der Waals surface area (Å²) in [5, 5.41) is 8.63. The maximum atomic E-state index is 12.0. The number of nitrogens with one attached hydrogen (secondary N) is 1. The summed E-state index contributed by atoms with van der Waals surface area (Å²) in [4.78, 5) is 27.7. The van der Waals surface area contributed by atoms with Gasteiger partial charge in [0, 0.05) is 43.7 Å². The molecule has 0 aromatic heterocycles. The van der Waals surface area contributed by atoms with Gasteiger partial charge in [0.15, 0.2) is 0 Å². The van der Waals surface area contributed by atoms with Crippen molar-refractivity contribution < 1.29 is 14.8 Å². The highest BCUT2D eigenvalue weighted by Crippen LogP contribution is 2.19. The van der Waals surface area contributed by atoms with Gasteiger partial charge < -0.3 is 4.90 Å². The van der Waals surface area contributed by atoms with Crippen molar-refractivity contribution in [1.29, 1.82) is 0 Å². The average molecular weight is 319 g/mol. The Morgan fingerprint density at radius 2 is 1.74 bits per heavy atom. The molecule has 2 atom stereocenters. The standard InChI is InChI=1S/C17H25N3O3/c1-4-16(21)20-12(2)9-19(10-13(20)3)11-14-5-7-15(8-6-14)17(22)18-23/h5-8,12-13,23H,4,9-11H2,1-3H3,(H,18,22). The summed E-state index contributed by atoms with van der Waals surface area (Å²) >= 11 is 0. The van der Waals surface area contributed by atoms with E-state index >= 15 is 0 Å². The maximum absolute atomic E-state index is 12.0. The second-order valence-electron chi connectivity index (χ2n) is 6.18. The number of hydrogen-bond donors (Lipinski definition) is 2. The lowest BCUT2D eigenvalue weighted by Gasteiger charge is -2.44. The smallest absolute Gasteiger partial charge is 0.274 e. The van der Waals surface area contributed by atoms with Gasteiger partial charge in [0.25, 0.3) is 5.91 Å². The van der Waals surface area contributed by atoms with Crippen LogP contribution in [0.5, 0.6) is 0 Å². The monoisotopic (exact) mass is 319 g/mol. The summed E-state index contributed by atoms with van der Waals surface area (Å²) in [5.41, 5.74) is 3.16. The molecule has 0 saturated carbocycles. The fourth-order valence-electron chi connectivity index (χ4n) is 3.32. The third-order valence-corrected chi connectivity index (χ3v) is 4.31. The van der Waals surface area contributed by atoms with Gasteiger partial charge in [0.05, 0.1) is 0 Å². The normalized spacial score (nSPS) is 22.0. The van der Waals surface area contributed by atoms with Crippen LogP contribution in [0.15, 0.2) is 24.3 Å². The van der Waals surface area contributed by atoms with Crippen LogP contribution < -0.4 is 5.48 Å². The quantitative estimate of drug-likeness (QED) is 0.654. The Bertz CT molecular complexity index is 547. The van der Waals surface area contributed by atoms with E-state index in [1.807, 2.05) is 24.0 Å². The first-order valence-electron chi connectivity index (χ1n) is 8.03. The Morgan fingerprint density at radius 3 is 2.22 bits per heavy atom. The largest absolute Gasteiger partial charge is 0.335 e. The van der Waals surface area contributed by atoms with Gasteiger partial charge in [-0.15, -0.1) is 0 Å². The second kappa shape index (κ2) is 7.57. The predicted octanol–water partition coefficient (Wildman–Crippen LogP) is 1.64. The van der Waals surface area contributed by atoms with E-state index in [0.717, 1.165) is 25.2 Å². The van der Waals surface area contributed by atoms with E-state index in [2.05, 4.69) is 18.7 Å². The predicted molar refractivity (Wildman–Crippen MR) is 87.0 cm³/mol. The molecular weight excluding hydrogens is 294 g/mol. The van der Waals surface area contributed by atoms with Gasteiger partial charge in [-0.1, -0.05) is 19.1 Å². The van der Waals surface area contributed by atoms with E-state index in [-0.39, 0.29) is 18.0 Å².